The highest BCUT2D eigenvalue weighted by Gasteiger charge is 2.24. The number of amides is 1. The molecule has 1 saturated carbocycles. The number of nitrogens with two attached hydrogens (primary N) is 1. The van der Waals surface area contributed by atoms with Crippen LogP contribution in [0.4, 0.5) is 10.7 Å². The van der Waals surface area contributed by atoms with E-state index in [-0.39, 0.29) is 5.91 Å². The average molecular weight is 299 g/mol. The van der Waals surface area contributed by atoms with E-state index in [1.807, 2.05) is 13.2 Å². The maximum absolute atomic E-state index is 12.1. The highest BCUT2D eigenvalue weighted by atomic mass is 32.2. The number of rotatable bonds is 6. The quantitative estimate of drug-likeness (QED) is 0.706. The van der Waals surface area contributed by atoms with Crippen molar-refractivity contribution in [1.82, 2.24) is 5.32 Å². The minimum atomic E-state index is -0.0543. The van der Waals surface area contributed by atoms with Gasteiger partial charge in [0.05, 0.1) is 10.6 Å². The SMILES string of the molecule is CCCNC(=O)c1sc(NC2CCC2)c(SC)c1N. The van der Waals surface area contributed by atoms with Gasteiger partial charge < -0.3 is 16.4 Å². The van der Waals surface area contributed by atoms with Crippen molar-refractivity contribution in [1.29, 1.82) is 0 Å². The van der Waals surface area contributed by atoms with Crippen molar-refractivity contribution in [2.75, 3.05) is 23.9 Å². The van der Waals surface area contributed by atoms with Crippen LogP contribution in [0.2, 0.25) is 0 Å². The van der Waals surface area contributed by atoms with Gasteiger partial charge in [-0.05, 0) is 31.9 Å². The molecule has 1 aromatic rings. The molecule has 1 heterocycles. The number of nitrogen functional groups attached to an aromatic ring is 1. The van der Waals surface area contributed by atoms with Gasteiger partial charge in [0, 0.05) is 12.6 Å². The highest BCUT2D eigenvalue weighted by Crippen LogP contribution is 2.43. The van der Waals surface area contributed by atoms with Crippen molar-refractivity contribution in [2.24, 2.45) is 0 Å². The molecule has 0 radical (unpaired) electrons. The zero-order valence-electron chi connectivity index (χ0n) is 11.4. The van der Waals surface area contributed by atoms with E-state index in [0.29, 0.717) is 23.2 Å². The Hall–Kier alpha value is -0.880. The normalized spacial score (nSPS) is 15.1. The van der Waals surface area contributed by atoms with Gasteiger partial charge in [-0.2, -0.15) is 0 Å². The Morgan fingerprint density at radius 1 is 1.53 bits per heavy atom. The van der Waals surface area contributed by atoms with Gasteiger partial charge in [-0.25, -0.2) is 0 Å². The fraction of sp³-hybridized carbons (Fsp3) is 0.615. The molecule has 106 valence electrons. The first-order valence-corrected chi connectivity index (χ1v) is 8.72. The van der Waals surface area contributed by atoms with Crippen LogP contribution in [0.5, 0.6) is 0 Å². The Morgan fingerprint density at radius 2 is 2.26 bits per heavy atom. The van der Waals surface area contributed by atoms with E-state index in [4.69, 9.17) is 5.73 Å². The van der Waals surface area contributed by atoms with Gasteiger partial charge in [-0.3, -0.25) is 4.79 Å². The molecule has 0 unspecified atom stereocenters. The second-order valence-corrected chi connectivity index (χ2v) is 6.57. The molecule has 4 nitrogen and oxygen atoms in total. The molecule has 0 spiro atoms. The summed E-state index contributed by atoms with van der Waals surface area (Å²) in [6.07, 6.45) is 6.64. The second kappa shape index (κ2) is 6.52. The van der Waals surface area contributed by atoms with Crippen molar-refractivity contribution in [3.05, 3.63) is 4.88 Å². The fourth-order valence-electron chi connectivity index (χ4n) is 1.95. The average Bonchev–Trinajstić information content (AvgIpc) is 2.67. The Morgan fingerprint density at radius 3 is 2.79 bits per heavy atom. The zero-order chi connectivity index (χ0) is 13.8. The summed E-state index contributed by atoms with van der Waals surface area (Å²) in [4.78, 5) is 13.7. The Labute approximate surface area is 122 Å². The molecule has 0 aromatic carbocycles. The van der Waals surface area contributed by atoms with Crippen molar-refractivity contribution in [2.45, 2.75) is 43.5 Å². The largest absolute Gasteiger partial charge is 0.396 e. The predicted octanol–water partition coefficient (Wildman–Crippen LogP) is 3.16. The van der Waals surface area contributed by atoms with E-state index in [9.17, 15) is 4.79 Å². The summed E-state index contributed by atoms with van der Waals surface area (Å²) in [7, 11) is 0. The third-order valence-corrected chi connectivity index (χ3v) is 5.38. The van der Waals surface area contributed by atoms with Crippen LogP contribution >= 0.6 is 23.1 Å². The smallest absolute Gasteiger partial charge is 0.263 e. The van der Waals surface area contributed by atoms with Gasteiger partial charge in [0.2, 0.25) is 0 Å². The van der Waals surface area contributed by atoms with E-state index in [1.165, 1.54) is 30.6 Å². The molecule has 0 bridgehead atoms. The van der Waals surface area contributed by atoms with Crippen LogP contribution < -0.4 is 16.4 Å². The summed E-state index contributed by atoms with van der Waals surface area (Å²) in [5.41, 5.74) is 6.73. The standard InChI is InChI=1S/C13H21N3OS2/c1-3-7-15-12(17)10-9(14)11(18-2)13(19-10)16-8-5-4-6-8/h8,16H,3-7,14H2,1-2H3,(H,15,17). The first-order valence-electron chi connectivity index (χ1n) is 6.68. The molecule has 19 heavy (non-hydrogen) atoms. The molecule has 1 fully saturated rings. The topological polar surface area (TPSA) is 67.2 Å². The number of hydrogen-bond donors (Lipinski definition) is 3. The van der Waals surface area contributed by atoms with E-state index in [2.05, 4.69) is 10.6 Å². The monoisotopic (exact) mass is 299 g/mol. The van der Waals surface area contributed by atoms with Gasteiger partial charge in [0.25, 0.3) is 5.91 Å². The summed E-state index contributed by atoms with van der Waals surface area (Å²) < 4.78 is 0. The number of hydrogen-bond acceptors (Lipinski definition) is 5. The van der Waals surface area contributed by atoms with E-state index in [1.54, 1.807) is 11.8 Å². The maximum atomic E-state index is 12.1. The van der Waals surface area contributed by atoms with Crippen LogP contribution in [0.1, 0.15) is 42.3 Å². The molecule has 1 aromatic heterocycles. The van der Waals surface area contributed by atoms with Crippen LogP contribution in [-0.4, -0.2) is 24.7 Å². The molecule has 2 rings (SSSR count). The number of thiophene rings is 1. The fourth-order valence-corrected chi connectivity index (χ4v) is 3.97. The van der Waals surface area contributed by atoms with Crippen LogP contribution in [0.15, 0.2) is 4.90 Å². The lowest BCUT2D eigenvalue weighted by Gasteiger charge is -2.27. The van der Waals surface area contributed by atoms with E-state index in [0.717, 1.165) is 16.3 Å². The Bertz CT molecular complexity index is 455. The third-order valence-electron chi connectivity index (χ3n) is 3.29. The van der Waals surface area contributed by atoms with Gasteiger partial charge in [-0.1, -0.05) is 6.92 Å². The molecule has 1 aliphatic carbocycles. The van der Waals surface area contributed by atoms with Crippen molar-refractivity contribution < 1.29 is 4.79 Å². The van der Waals surface area contributed by atoms with Crippen LogP contribution in [0.3, 0.4) is 0 Å². The molecule has 4 N–H and O–H groups in total. The first-order chi connectivity index (χ1) is 9.17. The molecular weight excluding hydrogens is 278 g/mol. The molecule has 0 saturated heterocycles. The van der Waals surface area contributed by atoms with Crippen LogP contribution in [0, 0.1) is 0 Å². The van der Waals surface area contributed by atoms with Gasteiger partial charge in [0.1, 0.15) is 9.88 Å². The number of nitrogens with one attached hydrogen (secondary N) is 2. The molecule has 0 atom stereocenters. The number of thioether (sulfide) groups is 1. The molecule has 6 heteroatoms. The Kier molecular flexibility index (Phi) is 4.99. The third kappa shape index (κ3) is 3.17. The summed E-state index contributed by atoms with van der Waals surface area (Å²) in [5, 5.41) is 7.45. The summed E-state index contributed by atoms with van der Waals surface area (Å²) in [6.45, 7) is 2.73. The maximum Gasteiger partial charge on any atom is 0.263 e. The van der Waals surface area contributed by atoms with Crippen molar-refractivity contribution in [3.8, 4) is 0 Å². The summed E-state index contributed by atoms with van der Waals surface area (Å²) in [6, 6.07) is 0.551. The lowest BCUT2D eigenvalue weighted by molar-refractivity contribution is 0.0958. The first kappa shape index (κ1) is 14.5. The van der Waals surface area contributed by atoms with Crippen molar-refractivity contribution in [3.63, 3.8) is 0 Å². The zero-order valence-corrected chi connectivity index (χ0v) is 13.0. The van der Waals surface area contributed by atoms with Crippen molar-refractivity contribution >= 4 is 39.7 Å². The minimum Gasteiger partial charge on any atom is -0.396 e. The van der Waals surface area contributed by atoms with E-state index < -0.39 is 0 Å². The predicted molar refractivity (Wildman–Crippen MR) is 84.4 cm³/mol. The highest BCUT2D eigenvalue weighted by molar-refractivity contribution is 7.99. The van der Waals surface area contributed by atoms with Crippen LogP contribution in [0.25, 0.3) is 0 Å². The van der Waals surface area contributed by atoms with Crippen LogP contribution in [-0.2, 0) is 0 Å². The molecule has 0 aliphatic heterocycles. The summed E-state index contributed by atoms with van der Waals surface area (Å²) in [5.74, 6) is -0.0543. The molecule has 1 amide bonds. The molecule has 1 aliphatic rings. The minimum absolute atomic E-state index is 0.0543. The van der Waals surface area contributed by atoms with E-state index >= 15 is 0 Å². The summed E-state index contributed by atoms with van der Waals surface area (Å²) >= 11 is 3.08. The van der Waals surface area contributed by atoms with Gasteiger partial charge >= 0.3 is 0 Å². The Balaban J connectivity index is 2.16. The second-order valence-electron chi connectivity index (χ2n) is 4.74. The lowest BCUT2D eigenvalue weighted by Crippen LogP contribution is -2.26. The lowest BCUT2D eigenvalue weighted by atomic mass is 9.93. The number of carbonyl (C=O) groups is 1. The van der Waals surface area contributed by atoms with Gasteiger partial charge in [-0.15, -0.1) is 23.1 Å². The molecular formula is C13H21N3OS2. The number of carbonyl (C=O) groups excluding carboxylic acids is 1. The number of anilines is 2. The van der Waals surface area contributed by atoms with Gasteiger partial charge in [0.15, 0.2) is 0 Å².